The van der Waals surface area contributed by atoms with Crippen molar-refractivity contribution in [3.63, 3.8) is 0 Å². The van der Waals surface area contributed by atoms with E-state index in [9.17, 15) is 4.79 Å². The number of amides is 2. The lowest BCUT2D eigenvalue weighted by atomic mass is 9.87. The van der Waals surface area contributed by atoms with Crippen molar-refractivity contribution < 1.29 is 4.79 Å². The number of hydrogen-bond donors (Lipinski definition) is 1. The van der Waals surface area contributed by atoms with E-state index in [1.165, 1.54) is 0 Å². The van der Waals surface area contributed by atoms with E-state index in [4.69, 9.17) is 0 Å². The average molecular weight is 198 g/mol. The monoisotopic (exact) mass is 198 g/mol. The van der Waals surface area contributed by atoms with Gasteiger partial charge in [0.25, 0.3) is 0 Å². The van der Waals surface area contributed by atoms with Crippen molar-refractivity contribution in [1.29, 1.82) is 0 Å². The zero-order valence-electron chi connectivity index (χ0n) is 10.1. The van der Waals surface area contributed by atoms with Crippen LogP contribution in [0.1, 0.15) is 41.5 Å². The second kappa shape index (κ2) is 3.14. The molecule has 1 aliphatic heterocycles. The van der Waals surface area contributed by atoms with Crippen molar-refractivity contribution >= 4 is 6.03 Å². The standard InChI is InChI=1S/C11H22N2O/c1-10(2,3)8-7-13(9(14)12-8)11(4,5)6/h8H,7H2,1-6H3,(H,12,14). The summed E-state index contributed by atoms with van der Waals surface area (Å²) in [6.45, 7) is 13.5. The fourth-order valence-electron chi connectivity index (χ4n) is 1.61. The minimum Gasteiger partial charge on any atom is -0.333 e. The molecule has 1 aliphatic rings. The van der Waals surface area contributed by atoms with Crippen molar-refractivity contribution in [3.05, 3.63) is 0 Å². The summed E-state index contributed by atoms with van der Waals surface area (Å²) in [4.78, 5) is 13.6. The number of urea groups is 1. The van der Waals surface area contributed by atoms with Crippen molar-refractivity contribution in [2.24, 2.45) is 5.41 Å². The first kappa shape index (κ1) is 11.3. The lowest BCUT2D eigenvalue weighted by molar-refractivity contribution is 0.165. The SMILES string of the molecule is CC(C)(C)C1CN(C(C)(C)C)C(=O)N1. The van der Waals surface area contributed by atoms with E-state index in [0.29, 0.717) is 0 Å². The van der Waals surface area contributed by atoms with E-state index in [0.717, 1.165) is 6.54 Å². The molecule has 0 aromatic heterocycles. The highest BCUT2D eigenvalue weighted by Gasteiger charge is 2.40. The number of nitrogens with zero attached hydrogens (tertiary/aromatic N) is 1. The summed E-state index contributed by atoms with van der Waals surface area (Å²) in [6.07, 6.45) is 0. The fraction of sp³-hybridized carbons (Fsp3) is 0.909. The third kappa shape index (κ3) is 2.20. The van der Waals surface area contributed by atoms with Gasteiger partial charge in [-0.3, -0.25) is 0 Å². The Bertz CT molecular complexity index is 235. The van der Waals surface area contributed by atoms with E-state index in [-0.39, 0.29) is 23.0 Å². The summed E-state index contributed by atoms with van der Waals surface area (Å²) in [7, 11) is 0. The molecule has 0 spiro atoms. The van der Waals surface area contributed by atoms with E-state index in [2.05, 4.69) is 46.9 Å². The summed E-state index contributed by atoms with van der Waals surface area (Å²) in [5, 5.41) is 3.04. The van der Waals surface area contributed by atoms with E-state index < -0.39 is 0 Å². The third-order valence-corrected chi connectivity index (χ3v) is 2.76. The molecule has 1 saturated heterocycles. The van der Waals surface area contributed by atoms with Crippen LogP contribution >= 0.6 is 0 Å². The van der Waals surface area contributed by atoms with Crippen LogP contribution in [0.5, 0.6) is 0 Å². The molecule has 1 rings (SSSR count). The van der Waals surface area contributed by atoms with Gasteiger partial charge < -0.3 is 10.2 Å². The maximum absolute atomic E-state index is 11.7. The lowest BCUT2D eigenvalue weighted by Gasteiger charge is -2.32. The molecule has 1 unspecified atom stereocenters. The highest BCUT2D eigenvalue weighted by molar-refractivity contribution is 5.77. The highest BCUT2D eigenvalue weighted by Crippen LogP contribution is 2.27. The maximum Gasteiger partial charge on any atom is 0.318 e. The van der Waals surface area contributed by atoms with Gasteiger partial charge in [-0.25, -0.2) is 4.79 Å². The Morgan fingerprint density at radius 2 is 1.71 bits per heavy atom. The van der Waals surface area contributed by atoms with E-state index in [1.807, 2.05) is 4.90 Å². The number of carbonyl (C=O) groups is 1. The van der Waals surface area contributed by atoms with Gasteiger partial charge in [0.05, 0.1) is 6.04 Å². The number of nitrogens with one attached hydrogen (secondary N) is 1. The van der Waals surface area contributed by atoms with Crippen LogP contribution in [0.15, 0.2) is 0 Å². The molecule has 0 aromatic carbocycles. The van der Waals surface area contributed by atoms with Gasteiger partial charge >= 0.3 is 6.03 Å². The second-order valence-electron chi connectivity index (χ2n) is 6.15. The van der Waals surface area contributed by atoms with Crippen LogP contribution in [-0.2, 0) is 0 Å². The van der Waals surface area contributed by atoms with Crippen LogP contribution in [0.3, 0.4) is 0 Å². The molecule has 0 bridgehead atoms. The first-order valence-electron chi connectivity index (χ1n) is 5.20. The Kier molecular flexibility index (Phi) is 2.55. The molecule has 1 heterocycles. The van der Waals surface area contributed by atoms with Crippen LogP contribution in [0.2, 0.25) is 0 Å². The van der Waals surface area contributed by atoms with Crippen LogP contribution in [-0.4, -0.2) is 29.1 Å². The van der Waals surface area contributed by atoms with Gasteiger partial charge in [-0.15, -0.1) is 0 Å². The summed E-state index contributed by atoms with van der Waals surface area (Å²) >= 11 is 0. The van der Waals surface area contributed by atoms with Crippen LogP contribution in [0.25, 0.3) is 0 Å². The molecule has 82 valence electrons. The highest BCUT2D eigenvalue weighted by atomic mass is 16.2. The zero-order chi connectivity index (χ0) is 11.1. The van der Waals surface area contributed by atoms with Gasteiger partial charge in [0.15, 0.2) is 0 Å². The Labute approximate surface area is 86.9 Å². The molecule has 1 atom stereocenters. The molecule has 3 nitrogen and oxygen atoms in total. The lowest BCUT2D eigenvalue weighted by Crippen LogP contribution is -2.43. The first-order chi connectivity index (χ1) is 6.12. The van der Waals surface area contributed by atoms with Crippen LogP contribution in [0, 0.1) is 5.41 Å². The van der Waals surface area contributed by atoms with Crippen molar-refractivity contribution in [2.45, 2.75) is 53.1 Å². The second-order valence-corrected chi connectivity index (χ2v) is 6.15. The molecule has 3 heteroatoms. The van der Waals surface area contributed by atoms with Crippen LogP contribution in [0.4, 0.5) is 4.79 Å². The van der Waals surface area contributed by atoms with Gasteiger partial charge in [-0.2, -0.15) is 0 Å². The normalized spacial score (nSPS) is 24.0. The van der Waals surface area contributed by atoms with E-state index >= 15 is 0 Å². The molecular formula is C11H22N2O. The Balaban J connectivity index is 2.75. The van der Waals surface area contributed by atoms with Gasteiger partial charge in [0, 0.05) is 12.1 Å². The van der Waals surface area contributed by atoms with E-state index in [1.54, 1.807) is 0 Å². The fourth-order valence-corrected chi connectivity index (χ4v) is 1.61. The molecule has 0 saturated carbocycles. The molecule has 0 aromatic rings. The summed E-state index contributed by atoms with van der Waals surface area (Å²) in [5.74, 6) is 0. The largest absolute Gasteiger partial charge is 0.333 e. The molecule has 14 heavy (non-hydrogen) atoms. The van der Waals surface area contributed by atoms with Gasteiger partial charge in [-0.1, -0.05) is 20.8 Å². The first-order valence-corrected chi connectivity index (χ1v) is 5.20. The summed E-state index contributed by atoms with van der Waals surface area (Å²) < 4.78 is 0. The van der Waals surface area contributed by atoms with Crippen molar-refractivity contribution in [2.75, 3.05) is 6.54 Å². The topological polar surface area (TPSA) is 32.3 Å². The number of rotatable bonds is 0. The minimum absolute atomic E-state index is 0.0671. The molecule has 2 amide bonds. The van der Waals surface area contributed by atoms with Crippen molar-refractivity contribution in [3.8, 4) is 0 Å². The third-order valence-electron chi connectivity index (χ3n) is 2.76. The molecule has 1 N–H and O–H groups in total. The zero-order valence-corrected chi connectivity index (χ0v) is 10.1. The Morgan fingerprint density at radius 3 is 1.93 bits per heavy atom. The van der Waals surface area contributed by atoms with Crippen LogP contribution < -0.4 is 5.32 Å². The maximum atomic E-state index is 11.7. The van der Waals surface area contributed by atoms with Gasteiger partial charge in [0.2, 0.25) is 0 Å². The molecule has 0 aliphatic carbocycles. The summed E-state index contributed by atoms with van der Waals surface area (Å²) in [6, 6.07) is 0.326. The number of carbonyl (C=O) groups excluding carboxylic acids is 1. The molecule has 0 radical (unpaired) electrons. The molecular weight excluding hydrogens is 176 g/mol. The number of hydrogen-bond acceptors (Lipinski definition) is 1. The predicted molar refractivity (Wildman–Crippen MR) is 58.2 cm³/mol. The minimum atomic E-state index is -0.0793. The average Bonchev–Trinajstić information content (AvgIpc) is 2.27. The quantitative estimate of drug-likeness (QED) is 0.636. The Hall–Kier alpha value is -0.730. The summed E-state index contributed by atoms with van der Waals surface area (Å²) in [5.41, 5.74) is 0.0553. The van der Waals surface area contributed by atoms with Gasteiger partial charge in [0.1, 0.15) is 0 Å². The predicted octanol–water partition coefficient (Wildman–Crippen LogP) is 2.22. The molecule has 1 fully saturated rings. The van der Waals surface area contributed by atoms with Gasteiger partial charge in [-0.05, 0) is 26.2 Å². The Morgan fingerprint density at radius 1 is 1.21 bits per heavy atom. The van der Waals surface area contributed by atoms with Crippen molar-refractivity contribution in [1.82, 2.24) is 10.2 Å². The smallest absolute Gasteiger partial charge is 0.318 e.